The van der Waals surface area contributed by atoms with Crippen molar-refractivity contribution in [1.29, 1.82) is 0 Å². The molecule has 144 valence electrons. The van der Waals surface area contributed by atoms with Crippen molar-refractivity contribution in [2.24, 2.45) is 5.73 Å². The first-order chi connectivity index (χ1) is 13.0. The molecule has 3 rings (SSSR count). The predicted molar refractivity (Wildman–Crippen MR) is 109 cm³/mol. The molecular weight excluding hydrogens is 360 g/mol. The van der Waals surface area contributed by atoms with Crippen molar-refractivity contribution < 1.29 is 9.59 Å². The second kappa shape index (κ2) is 9.12. The smallest absolute Gasteiger partial charge is 0.251 e. The lowest BCUT2D eigenvalue weighted by Gasteiger charge is -2.34. The number of nitrogens with two attached hydrogens (primary N) is 1. The van der Waals surface area contributed by atoms with Gasteiger partial charge in [0.25, 0.3) is 5.91 Å². The van der Waals surface area contributed by atoms with Crippen LogP contribution in [0.4, 0.5) is 5.00 Å². The normalized spacial score (nSPS) is 15.6. The largest absolute Gasteiger partial charge is 0.366 e. The lowest BCUT2D eigenvalue weighted by molar-refractivity contribution is -0.116. The molecule has 1 aromatic carbocycles. The fourth-order valence-corrected chi connectivity index (χ4v) is 4.10. The molecule has 3 N–H and O–H groups in total. The topological polar surface area (TPSA) is 78.7 Å². The van der Waals surface area contributed by atoms with E-state index in [2.05, 4.69) is 46.3 Å². The minimum Gasteiger partial charge on any atom is -0.366 e. The van der Waals surface area contributed by atoms with E-state index >= 15 is 0 Å². The van der Waals surface area contributed by atoms with E-state index in [0.29, 0.717) is 17.0 Å². The van der Waals surface area contributed by atoms with E-state index in [1.807, 2.05) is 0 Å². The van der Waals surface area contributed by atoms with Crippen LogP contribution in [0.1, 0.15) is 27.9 Å². The maximum absolute atomic E-state index is 12.2. The monoisotopic (exact) mass is 386 g/mol. The number of thiophene rings is 1. The number of hydrogen-bond acceptors (Lipinski definition) is 5. The highest BCUT2D eigenvalue weighted by molar-refractivity contribution is 7.14. The molecule has 1 aliphatic heterocycles. The van der Waals surface area contributed by atoms with Crippen LogP contribution in [0.25, 0.3) is 0 Å². The van der Waals surface area contributed by atoms with Crippen LogP contribution in [0.3, 0.4) is 0 Å². The van der Waals surface area contributed by atoms with Crippen molar-refractivity contribution in [2.45, 2.75) is 19.9 Å². The molecule has 0 spiro atoms. The number of amides is 2. The van der Waals surface area contributed by atoms with Gasteiger partial charge in [-0.2, -0.15) is 0 Å². The van der Waals surface area contributed by atoms with Gasteiger partial charge in [0, 0.05) is 45.7 Å². The Morgan fingerprint density at radius 3 is 2.59 bits per heavy atom. The first-order valence-electron chi connectivity index (χ1n) is 9.18. The minimum absolute atomic E-state index is 0.0814. The van der Waals surface area contributed by atoms with Crippen LogP contribution in [-0.4, -0.2) is 54.3 Å². The minimum atomic E-state index is -0.517. The zero-order valence-electron chi connectivity index (χ0n) is 15.6. The number of benzene rings is 1. The summed E-state index contributed by atoms with van der Waals surface area (Å²) in [5, 5.41) is 5.09. The van der Waals surface area contributed by atoms with E-state index in [0.717, 1.165) is 39.3 Å². The van der Waals surface area contributed by atoms with Gasteiger partial charge in [-0.15, -0.1) is 11.3 Å². The lowest BCUT2D eigenvalue weighted by atomic mass is 10.1. The van der Waals surface area contributed by atoms with Crippen molar-refractivity contribution in [3.63, 3.8) is 0 Å². The first-order valence-corrected chi connectivity index (χ1v) is 10.1. The van der Waals surface area contributed by atoms with Gasteiger partial charge in [-0.05, 0) is 23.9 Å². The number of anilines is 1. The third-order valence-corrected chi connectivity index (χ3v) is 5.62. The number of carbonyl (C=O) groups is 2. The highest BCUT2D eigenvalue weighted by atomic mass is 32.1. The molecule has 2 aromatic rings. The second-order valence-corrected chi connectivity index (χ2v) is 7.85. The molecule has 1 aromatic heterocycles. The van der Waals surface area contributed by atoms with Crippen molar-refractivity contribution >= 4 is 28.2 Å². The Balaban J connectivity index is 1.39. The molecule has 0 radical (unpaired) electrons. The Hall–Kier alpha value is -2.22. The molecule has 27 heavy (non-hydrogen) atoms. The molecule has 0 saturated carbocycles. The quantitative estimate of drug-likeness (QED) is 0.765. The van der Waals surface area contributed by atoms with Crippen molar-refractivity contribution in [3.8, 4) is 0 Å². The summed E-state index contributed by atoms with van der Waals surface area (Å²) in [6.45, 7) is 7.76. The summed E-state index contributed by atoms with van der Waals surface area (Å²) < 4.78 is 0. The molecule has 0 aliphatic carbocycles. The second-order valence-electron chi connectivity index (χ2n) is 6.93. The fraction of sp³-hybridized carbons (Fsp3) is 0.400. The summed E-state index contributed by atoms with van der Waals surface area (Å²) in [4.78, 5) is 28.3. The zero-order chi connectivity index (χ0) is 19.2. The Labute approximate surface area is 164 Å². The molecule has 1 saturated heterocycles. The number of piperazine rings is 1. The number of nitrogens with zero attached hydrogens (tertiary/aromatic N) is 2. The van der Waals surface area contributed by atoms with Crippen LogP contribution < -0.4 is 11.1 Å². The SMILES string of the molecule is Cc1cccc(CN2CCN(CCC(=O)Nc3sccc3C(N)=O)CC2)c1. The van der Waals surface area contributed by atoms with Gasteiger partial charge in [0.15, 0.2) is 0 Å². The zero-order valence-corrected chi connectivity index (χ0v) is 16.4. The van der Waals surface area contributed by atoms with Crippen LogP contribution in [0.15, 0.2) is 35.7 Å². The maximum atomic E-state index is 12.2. The van der Waals surface area contributed by atoms with Gasteiger partial charge in [0.1, 0.15) is 5.00 Å². The van der Waals surface area contributed by atoms with E-state index in [1.165, 1.54) is 22.5 Å². The van der Waals surface area contributed by atoms with Crippen LogP contribution in [0.5, 0.6) is 0 Å². The highest BCUT2D eigenvalue weighted by Crippen LogP contribution is 2.22. The predicted octanol–water partition coefficient (Wildman–Crippen LogP) is 2.30. The summed E-state index contributed by atoms with van der Waals surface area (Å²) >= 11 is 1.32. The van der Waals surface area contributed by atoms with Gasteiger partial charge in [0.05, 0.1) is 5.56 Å². The van der Waals surface area contributed by atoms with E-state index < -0.39 is 5.91 Å². The summed E-state index contributed by atoms with van der Waals surface area (Å²) in [5.74, 6) is -0.599. The molecule has 0 unspecified atom stereocenters. The third-order valence-electron chi connectivity index (χ3n) is 4.79. The number of primary amides is 1. The van der Waals surface area contributed by atoms with Crippen LogP contribution >= 0.6 is 11.3 Å². The fourth-order valence-electron chi connectivity index (χ4n) is 3.29. The lowest BCUT2D eigenvalue weighted by Crippen LogP contribution is -2.46. The number of carbonyl (C=O) groups excluding carboxylic acids is 2. The van der Waals surface area contributed by atoms with Gasteiger partial charge >= 0.3 is 0 Å². The Morgan fingerprint density at radius 2 is 1.89 bits per heavy atom. The Morgan fingerprint density at radius 1 is 1.15 bits per heavy atom. The van der Waals surface area contributed by atoms with Gasteiger partial charge < -0.3 is 16.0 Å². The van der Waals surface area contributed by atoms with Crippen LogP contribution in [0, 0.1) is 6.92 Å². The molecule has 0 atom stereocenters. The first kappa shape index (κ1) is 19.5. The maximum Gasteiger partial charge on any atom is 0.251 e. The summed E-state index contributed by atoms with van der Waals surface area (Å²) in [6.07, 6.45) is 0.411. The third kappa shape index (κ3) is 5.63. The van der Waals surface area contributed by atoms with Gasteiger partial charge in [-0.1, -0.05) is 29.8 Å². The van der Waals surface area contributed by atoms with Gasteiger partial charge in [-0.25, -0.2) is 0 Å². The number of aryl methyl sites for hydroxylation is 1. The highest BCUT2D eigenvalue weighted by Gasteiger charge is 2.18. The number of hydrogen-bond donors (Lipinski definition) is 2. The molecule has 7 heteroatoms. The van der Waals surface area contributed by atoms with E-state index in [1.54, 1.807) is 11.4 Å². The Kier molecular flexibility index (Phi) is 6.60. The number of nitrogens with one attached hydrogen (secondary N) is 1. The van der Waals surface area contributed by atoms with E-state index in [9.17, 15) is 9.59 Å². The standard InChI is InChI=1S/C20H26N4O2S/c1-15-3-2-4-16(13-15)14-24-10-8-23(9-11-24)7-5-18(25)22-20-17(19(21)26)6-12-27-20/h2-4,6,12-13H,5,7-11,14H2,1H3,(H2,21,26)(H,22,25). The van der Waals surface area contributed by atoms with E-state index in [4.69, 9.17) is 5.73 Å². The summed E-state index contributed by atoms with van der Waals surface area (Å²) in [7, 11) is 0. The summed E-state index contributed by atoms with van der Waals surface area (Å²) in [5.41, 5.74) is 8.32. The molecule has 2 heterocycles. The van der Waals surface area contributed by atoms with Crippen LogP contribution in [-0.2, 0) is 11.3 Å². The van der Waals surface area contributed by atoms with Crippen molar-refractivity contribution in [3.05, 3.63) is 52.4 Å². The molecular formula is C20H26N4O2S. The molecule has 1 aliphatic rings. The van der Waals surface area contributed by atoms with Crippen LogP contribution in [0.2, 0.25) is 0 Å². The Bertz CT molecular complexity index is 797. The molecule has 2 amide bonds. The van der Waals surface area contributed by atoms with Gasteiger partial charge in [0.2, 0.25) is 5.91 Å². The average Bonchev–Trinajstić information content (AvgIpc) is 3.09. The molecule has 0 bridgehead atoms. The molecule has 1 fully saturated rings. The van der Waals surface area contributed by atoms with Crippen molar-refractivity contribution in [2.75, 3.05) is 38.0 Å². The average molecular weight is 387 g/mol. The molecule has 6 nitrogen and oxygen atoms in total. The van der Waals surface area contributed by atoms with E-state index in [-0.39, 0.29) is 5.91 Å². The number of rotatable bonds is 7. The summed E-state index contributed by atoms with van der Waals surface area (Å²) in [6, 6.07) is 10.3. The van der Waals surface area contributed by atoms with Crippen molar-refractivity contribution in [1.82, 2.24) is 9.80 Å². The van der Waals surface area contributed by atoms with Gasteiger partial charge in [-0.3, -0.25) is 14.5 Å².